The number of hydrogen-bond donors (Lipinski definition) is 2. The van der Waals surface area contributed by atoms with Crippen LogP contribution < -0.4 is 0 Å². The van der Waals surface area contributed by atoms with Gasteiger partial charge in [0.05, 0.1) is 12.2 Å². The molecule has 2 aliphatic rings. The number of aromatic nitrogens is 2. The van der Waals surface area contributed by atoms with Gasteiger partial charge in [-0.3, -0.25) is 9.97 Å². The summed E-state index contributed by atoms with van der Waals surface area (Å²) in [5.74, 6) is 0.904. The van der Waals surface area contributed by atoms with Crippen LogP contribution in [0.15, 0.2) is 49.1 Å². The van der Waals surface area contributed by atoms with Crippen LogP contribution in [0.25, 0.3) is 0 Å². The van der Waals surface area contributed by atoms with E-state index in [0.29, 0.717) is 11.8 Å². The normalized spacial score (nSPS) is 16.7. The van der Waals surface area contributed by atoms with Gasteiger partial charge in [0.15, 0.2) is 0 Å². The van der Waals surface area contributed by atoms with Crippen molar-refractivity contribution >= 4 is 0 Å². The summed E-state index contributed by atoms with van der Waals surface area (Å²) in [6.07, 6.45) is 18.8. The first-order valence-corrected chi connectivity index (χ1v) is 14.9. The third kappa shape index (κ3) is 14.7. The fourth-order valence-electron chi connectivity index (χ4n) is 4.55. The number of rotatable bonds is 4. The van der Waals surface area contributed by atoms with Gasteiger partial charge < -0.3 is 10.2 Å². The summed E-state index contributed by atoms with van der Waals surface area (Å²) >= 11 is 0. The van der Waals surface area contributed by atoms with Crippen LogP contribution >= 0.6 is 0 Å². The second-order valence-corrected chi connectivity index (χ2v) is 8.26. The molecule has 2 aromatic heterocycles. The van der Waals surface area contributed by atoms with Crippen molar-refractivity contribution in [1.82, 2.24) is 9.97 Å². The molecule has 2 saturated carbocycles. The van der Waals surface area contributed by atoms with E-state index in [0.717, 1.165) is 36.8 Å². The fourth-order valence-corrected chi connectivity index (χ4v) is 4.55. The Labute approximate surface area is 224 Å². The van der Waals surface area contributed by atoms with Crippen LogP contribution in [0.4, 0.5) is 0 Å². The Bertz CT molecular complexity index is 595. The van der Waals surface area contributed by atoms with Crippen molar-refractivity contribution in [2.24, 2.45) is 11.8 Å². The molecule has 0 unspecified atom stereocenters. The highest BCUT2D eigenvalue weighted by Gasteiger charge is 2.23. The molecule has 2 atom stereocenters. The molecule has 2 aromatic rings. The van der Waals surface area contributed by atoms with Crippen LogP contribution in [-0.4, -0.2) is 20.2 Å². The minimum absolute atomic E-state index is 0.302. The average Bonchev–Trinajstić information content (AvgIpc) is 3.02. The molecule has 4 rings (SSSR count). The van der Waals surface area contributed by atoms with Gasteiger partial charge in [0.25, 0.3) is 0 Å². The minimum atomic E-state index is -0.302. The molecule has 2 aliphatic carbocycles. The Balaban J connectivity index is 0. The zero-order chi connectivity index (χ0) is 27.6. The number of aliphatic hydroxyl groups excluding tert-OH is 2. The van der Waals surface area contributed by atoms with E-state index >= 15 is 0 Å². The zero-order valence-corrected chi connectivity index (χ0v) is 24.8. The van der Waals surface area contributed by atoms with Gasteiger partial charge in [-0.2, -0.15) is 0 Å². The maximum atomic E-state index is 10.1. The van der Waals surface area contributed by atoms with Crippen LogP contribution in [0.2, 0.25) is 0 Å². The van der Waals surface area contributed by atoms with Crippen LogP contribution in [0, 0.1) is 11.8 Å². The molecule has 0 saturated heterocycles. The van der Waals surface area contributed by atoms with E-state index in [1.807, 2.05) is 79.7 Å². The highest BCUT2D eigenvalue weighted by molar-refractivity contribution is 5.13. The average molecular weight is 503 g/mol. The van der Waals surface area contributed by atoms with Crippen LogP contribution in [0.3, 0.4) is 0 Å². The van der Waals surface area contributed by atoms with E-state index in [1.54, 1.807) is 24.8 Å². The summed E-state index contributed by atoms with van der Waals surface area (Å²) in [5.41, 5.74) is 1.94. The third-order valence-corrected chi connectivity index (χ3v) is 6.24. The standard InChI is InChI=1S/2C12H17NO.4C2H6/c2*14-12(10-5-2-1-3-6-10)11-7-4-8-13-9-11;4*1-2/h2*4,7-10,12,14H,1-3,5-6H2;4*1-2H3/t2*12-;;;;/m11..../s1. The maximum Gasteiger partial charge on any atom is 0.0833 e. The summed E-state index contributed by atoms with van der Waals surface area (Å²) in [4.78, 5) is 8.08. The molecule has 0 radical (unpaired) electrons. The monoisotopic (exact) mass is 502 g/mol. The van der Waals surface area contributed by atoms with Gasteiger partial charge in [-0.15, -0.1) is 0 Å². The van der Waals surface area contributed by atoms with Gasteiger partial charge in [-0.05, 0) is 60.8 Å². The summed E-state index contributed by atoms with van der Waals surface area (Å²) < 4.78 is 0. The molecule has 36 heavy (non-hydrogen) atoms. The van der Waals surface area contributed by atoms with E-state index in [9.17, 15) is 10.2 Å². The summed E-state index contributed by atoms with van der Waals surface area (Å²) in [6, 6.07) is 7.71. The van der Waals surface area contributed by atoms with Crippen molar-refractivity contribution in [3.8, 4) is 0 Å². The Morgan fingerprint density at radius 2 is 0.861 bits per heavy atom. The highest BCUT2D eigenvalue weighted by Crippen LogP contribution is 2.34. The Morgan fingerprint density at radius 3 is 1.11 bits per heavy atom. The lowest BCUT2D eigenvalue weighted by molar-refractivity contribution is 0.0844. The van der Waals surface area contributed by atoms with Crippen molar-refractivity contribution in [2.45, 2.75) is 132 Å². The smallest absolute Gasteiger partial charge is 0.0833 e. The van der Waals surface area contributed by atoms with E-state index in [2.05, 4.69) is 9.97 Å². The Morgan fingerprint density at radius 1 is 0.556 bits per heavy atom. The number of aliphatic hydroxyl groups is 2. The third-order valence-electron chi connectivity index (χ3n) is 6.24. The summed E-state index contributed by atoms with van der Waals surface area (Å²) in [7, 11) is 0. The highest BCUT2D eigenvalue weighted by atomic mass is 16.3. The second kappa shape index (κ2) is 26.3. The van der Waals surface area contributed by atoms with Crippen LogP contribution in [-0.2, 0) is 0 Å². The molecule has 4 heteroatoms. The first kappa shape index (κ1) is 36.4. The molecule has 2 fully saturated rings. The topological polar surface area (TPSA) is 66.2 Å². The molecule has 0 bridgehead atoms. The van der Waals surface area contributed by atoms with Crippen LogP contribution in [0.5, 0.6) is 0 Å². The minimum Gasteiger partial charge on any atom is -0.388 e. The fraction of sp³-hybridized carbons (Fsp3) is 0.688. The molecule has 0 spiro atoms. The van der Waals surface area contributed by atoms with Gasteiger partial charge in [-0.1, -0.05) is 106 Å². The van der Waals surface area contributed by atoms with Crippen LogP contribution in [0.1, 0.15) is 143 Å². The van der Waals surface area contributed by atoms with Gasteiger partial charge in [-0.25, -0.2) is 0 Å². The van der Waals surface area contributed by atoms with Gasteiger partial charge in [0.2, 0.25) is 0 Å². The van der Waals surface area contributed by atoms with Crippen molar-refractivity contribution in [3.63, 3.8) is 0 Å². The SMILES string of the molecule is CC.CC.CC.CC.O[C@@H](c1cccnc1)C1CCCCC1.O[C@@H](c1cccnc1)C1CCCCC1. The predicted octanol–water partition coefficient (Wildman–Crippen LogP) is 9.50. The van der Waals surface area contributed by atoms with Gasteiger partial charge in [0.1, 0.15) is 0 Å². The Kier molecular flexibility index (Phi) is 26.6. The van der Waals surface area contributed by atoms with Gasteiger partial charge in [0, 0.05) is 24.8 Å². The van der Waals surface area contributed by atoms with Crippen molar-refractivity contribution in [1.29, 1.82) is 0 Å². The lowest BCUT2D eigenvalue weighted by Crippen LogP contribution is -2.15. The lowest BCUT2D eigenvalue weighted by Gasteiger charge is -2.26. The summed E-state index contributed by atoms with van der Waals surface area (Å²) in [5, 5.41) is 20.2. The van der Waals surface area contributed by atoms with E-state index in [4.69, 9.17) is 0 Å². The quantitative estimate of drug-likeness (QED) is 0.437. The molecular weight excluding hydrogens is 444 g/mol. The Hall–Kier alpha value is -1.78. The van der Waals surface area contributed by atoms with Crippen molar-refractivity contribution in [2.75, 3.05) is 0 Å². The molecule has 2 N–H and O–H groups in total. The van der Waals surface area contributed by atoms with Crippen molar-refractivity contribution in [3.05, 3.63) is 60.2 Å². The number of nitrogens with zero attached hydrogens (tertiary/aromatic N) is 2. The molecule has 4 nitrogen and oxygen atoms in total. The summed E-state index contributed by atoms with van der Waals surface area (Å²) in [6.45, 7) is 16.0. The predicted molar refractivity (Wildman–Crippen MR) is 157 cm³/mol. The number of pyridine rings is 2. The van der Waals surface area contributed by atoms with Gasteiger partial charge >= 0.3 is 0 Å². The number of hydrogen-bond acceptors (Lipinski definition) is 4. The lowest BCUT2D eigenvalue weighted by atomic mass is 9.83. The van der Waals surface area contributed by atoms with E-state index < -0.39 is 0 Å². The molecule has 0 amide bonds. The largest absolute Gasteiger partial charge is 0.388 e. The molecule has 0 aromatic carbocycles. The maximum absolute atomic E-state index is 10.1. The van der Waals surface area contributed by atoms with E-state index in [1.165, 1.54) is 38.5 Å². The molecule has 0 aliphatic heterocycles. The molecule has 2 heterocycles. The first-order chi connectivity index (χ1) is 17.8. The van der Waals surface area contributed by atoms with E-state index in [-0.39, 0.29) is 12.2 Å². The molecule has 208 valence electrons. The second-order valence-electron chi connectivity index (χ2n) is 8.26. The first-order valence-electron chi connectivity index (χ1n) is 14.9. The van der Waals surface area contributed by atoms with Crippen molar-refractivity contribution < 1.29 is 10.2 Å². The zero-order valence-electron chi connectivity index (χ0n) is 24.8. The molecular formula is C32H58N2O2.